The Morgan fingerprint density at radius 3 is 2.73 bits per heavy atom. The quantitative estimate of drug-likeness (QED) is 0.566. The van der Waals surface area contributed by atoms with E-state index in [0.29, 0.717) is 30.6 Å². The van der Waals surface area contributed by atoms with Gasteiger partial charge in [0, 0.05) is 12.1 Å². The Balaban J connectivity index is 1.53. The number of anilines is 1. The zero-order valence-electron chi connectivity index (χ0n) is 17.3. The number of carbonyl (C=O) groups excluding carboxylic acids is 3. The van der Waals surface area contributed by atoms with Gasteiger partial charge in [0.25, 0.3) is 5.91 Å². The summed E-state index contributed by atoms with van der Waals surface area (Å²) < 4.78 is 25.8. The molecule has 3 amide bonds. The average molecular weight is 434 g/mol. The number of hydrogen-bond donors (Lipinski definition) is 1. The fourth-order valence-electron chi connectivity index (χ4n) is 4.86. The lowest BCUT2D eigenvalue weighted by Gasteiger charge is -2.36. The molecular formula is C21H27N3O5S. The highest BCUT2D eigenvalue weighted by Crippen LogP contribution is 2.38. The number of urea groups is 1. The number of sulfonamides is 1. The fraction of sp³-hybridized carbons (Fsp3) is 0.571. The Kier molecular flexibility index (Phi) is 5.12. The predicted molar refractivity (Wildman–Crippen MR) is 112 cm³/mol. The molecule has 2 atom stereocenters. The molecule has 9 heteroatoms. The lowest BCUT2D eigenvalue weighted by molar-refractivity contribution is -0.133. The van der Waals surface area contributed by atoms with Gasteiger partial charge in [-0.15, -0.1) is 0 Å². The first-order chi connectivity index (χ1) is 14.2. The maximum atomic E-state index is 13.1. The van der Waals surface area contributed by atoms with Gasteiger partial charge in [0.15, 0.2) is 5.78 Å². The number of ketones is 1. The molecule has 1 aliphatic carbocycles. The van der Waals surface area contributed by atoms with E-state index in [2.05, 4.69) is 5.32 Å². The van der Waals surface area contributed by atoms with Crippen molar-refractivity contribution < 1.29 is 22.8 Å². The van der Waals surface area contributed by atoms with Gasteiger partial charge in [-0.25, -0.2) is 13.2 Å². The molecule has 1 N–H and O–H groups in total. The van der Waals surface area contributed by atoms with Crippen LogP contribution in [-0.2, 0) is 21.2 Å². The van der Waals surface area contributed by atoms with E-state index in [1.165, 1.54) is 4.31 Å². The van der Waals surface area contributed by atoms with Gasteiger partial charge in [0.2, 0.25) is 10.0 Å². The number of fused-ring (bicyclic) bond motifs is 1. The summed E-state index contributed by atoms with van der Waals surface area (Å²) >= 11 is 0. The van der Waals surface area contributed by atoms with Crippen LogP contribution in [0.2, 0.25) is 0 Å². The number of benzene rings is 1. The summed E-state index contributed by atoms with van der Waals surface area (Å²) in [5, 5.41) is 2.86. The number of rotatable bonds is 5. The second kappa shape index (κ2) is 7.37. The molecule has 4 rings (SSSR count). The van der Waals surface area contributed by atoms with E-state index in [0.717, 1.165) is 29.7 Å². The van der Waals surface area contributed by atoms with Gasteiger partial charge in [-0.1, -0.05) is 19.8 Å². The molecule has 0 unspecified atom stereocenters. The van der Waals surface area contributed by atoms with E-state index >= 15 is 0 Å². The summed E-state index contributed by atoms with van der Waals surface area (Å²) in [6.07, 6.45) is 3.91. The normalized spacial score (nSPS) is 26.3. The Bertz CT molecular complexity index is 1020. The fourth-order valence-corrected chi connectivity index (χ4v) is 6.02. The molecule has 3 aliphatic rings. The third-order valence-electron chi connectivity index (χ3n) is 6.76. The zero-order chi connectivity index (χ0) is 21.7. The standard InChI is InChI=1S/C21H27N3O5S/c1-3-30(28,29)24-11-9-15-12-16(7-8-17(15)24)18(25)13-23-19(26)21(22-20(23)27)10-5-4-6-14(21)2/h7-8,12,14H,3-6,9-11,13H2,1-2H3,(H,22,27)/t14-,21-/m0/s1. The van der Waals surface area contributed by atoms with Crippen LogP contribution in [0.1, 0.15) is 55.5 Å². The maximum absolute atomic E-state index is 13.1. The van der Waals surface area contributed by atoms with Crippen molar-refractivity contribution in [2.24, 2.45) is 5.92 Å². The van der Waals surface area contributed by atoms with Crippen molar-refractivity contribution in [1.82, 2.24) is 10.2 Å². The van der Waals surface area contributed by atoms with E-state index in [1.807, 2.05) is 6.92 Å². The minimum Gasteiger partial charge on any atom is -0.323 e. The van der Waals surface area contributed by atoms with Crippen molar-refractivity contribution >= 4 is 33.4 Å². The number of hydrogen-bond acceptors (Lipinski definition) is 5. The second-order valence-corrected chi connectivity index (χ2v) is 10.6. The van der Waals surface area contributed by atoms with Crippen LogP contribution in [-0.4, -0.2) is 55.4 Å². The average Bonchev–Trinajstić information content (AvgIpc) is 3.25. The van der Waals surface area contributed by atoms with Crippen LogP contribution in [0.4, 0.5) is 10.5 Å². The largest absolute Gasteiger partial charge is 0.325 e. The number of carbonyl (C=O) groups is 3. The maximum Gasteiger partial charge on any atom is 0.325 e. The lowest BCUT2D eigenvalue weighted by atomic mass is 9.73. The highest BCUT2D eigenvalue weighted by molar-refractivity contribution is 7.92. The van der Waals surface area contributed by atoms with Gasteiger partial charge in [0.1, 0.15) is 5.54 Å². The SMILES string of the molecule is CCS(=O)(=O)N1CCc2cc(C(=O)CN3C(=O)N[C@]4(CCCC[C@@H]4C)C3=O)ccc21. The van der Waals surface area contributed by atoms with Crippen molar-refractivity contribution in [1.29, 1.82) is 0 Å². The van der Waals surface area contributed by atoms with Gasteiger partial charge in [0.05, 0.1) is 18.0 Å². The van der Waals surface area contributed by atoms with Crippen LogP contribution in [0, 0.1) is 5.92 Å². The predicted octanol–water partition coefficient (Wildman–Crippen LogP) is 2.08. The minimum atomic E-state index is -3.36. The molecular weight excluding hydrogens is 406 g/mol. The first-order valence-electron chi connectivity index (χ1n) is 10.5. The number of nitrogens with one attached hydrogen (secondary N) is 1. The number of amides is 3. The Hall–Kier alpha value is -2.42. The first-order valence-corrected chi connectivity index (χ1v) is 12.1. The molecule has 0 radical (unpaired) electrons. The molecule has 2 fully saturated rings. The summed E-state index contributed by atoms with van der Waals surface area (Å²) in [4.78, 5) is 39.5. The van der Waals surface area contributed by atoms with Crippen LogP contribution >= 0.6 is 0 Å². The van der Waals surface area contributed by atoms with Gasteiger partial charge in [-0.05, 0) is 55.9 Å². The van der Waals surface area contributed by atoms with Gasteiger partial charge in [-0.3, -0.25) is 18.8 Å². The lowest BCUT2D eigenvalue weighted by Crippen LogP contribution is -2.54. The highest BCUT2D eigenvalue weighted by Gasteiger charge is 2.55. The second-order valence-electron chi connectivity index (χ2n) is 8.43. The van der Waals surface area contributed by atoms with Gasteiger partial charge in [-0.2, -0.15) is 0 Å². The third-order valence-corrected chi connectivity index (χ3v) is 8.54. The van der Waals surface area contributed by atoms with Gasteiger partial charge >= 0.3 is 6.03 Å². The van der Waals surface area contributed by atoms with E-state index in [4.69, 9.17) is 0 Å². The van der Waals surface area contributed by atoms with Crippen LogP contribution in [0.25, 0.3) is 0 Å². The van der Waals surface area contributed by atoms with Crippen LogP contribution in [0.5, 0.6) is 0 Å². The molecule has 0 aromatic heterocycles. The van der Waals surface area contributed by atoms with E-state index in [9.17, 15) is 22.8 Å². The highest BCUT2D eigenvalue weighted by atomic mass is 32.2. The van der Waals surface area contributed by atoms with Crippen molar-refractivity contribution in [2.75, 3.05) is 23.1 Å². The van der Waals surface area contributed by atoms with E-state index in [-0.39, 0.29) is 29.9 Å². The number of imide groups is 1. The van der Waals surface area contributed by atoms with Crippen LogP contribution < -0.4 is 9.62 Å². The van der Waals surface area contributed by atoms with Crippen molar-refractivity contribution in [3.05, 3.63) is 29.3 Å². The van der Waals surface area contributed by atoms with Crippen molar-refractivity contribution in [3.63, 3.8) is 0 Å². The smallest absolute Gasteiger partial charge is 0.323 e. The van der Waals surface area contributed by atoms with Crippen LogP contribution in [0.3, 0.4) is 0 Å². The molecule has 1 aromatic rings. The van der Waals surface area contributed by atoms with E-state index < -0.39 is 21.6 Å². The summed E-state index contributed by atoms with van der Waals surface area (Å²) in [5.41, 5.74) is 0.872. The molecule has 1 spiro atoms. The molecule has 0 bridgehead atoms. The van der Waals surface area contributed by atoms with Crippen LogP contribution in [0.15, 0.2) is 18.2 Å². The summed E-state index contributed by atoms with van der Waals surface area (Å²) in [6, 6.07) is 4.38. The zero-order valence-corrected chi connectivity index (χ0v) is 18.1. The molecule has 1 aromatic carbocycles. The minimum absolute atomic E-state index is 0.0134. The van der Waals surface area contributed by atoms with Gasteiger partial charge < -0.3 is 5.32 Å². The number of nitrogens with zero attached hydrogens (tertiary/aromatic N) is 2. The molecule has 8 nitrogen and oxygen atoms in total. The molecule has 2 heterocycles. The molecule has 30 heavy (non-hydrogen) atoms. The molecule has 1 saturated heterocycles. The monoisotopic (exact) mass is 433 g/mol. The summed E-state index contributed by atoms with van der Waals surface area (Å²) in [7, 11) is -3.36. The molecule has 162 valence electrons. The van der Waals surface area contributed by atoms with Crippen molar-refractivity contribution in [3.8, 4) is 0 Å². The Labute approximate surface area is 176 Å². The van der Waals surface area contributed by atoms with E-state index in [1.54, 1.807) is 25.1 Å². The topological polar surface area (TPSA) is 104 Å². The molecule has 2 aliphatic heterocycles. The number of Topliss-reactive ketones (excluding diaryl/α,β-unsaturated/α-hetero) is 1. The third kappa shape index (κ3) is 3.19. The Morgan fingerprint density at radius 2 is 2.03 bits per heavy atom. The summed E-state index contributed by atoms with van der Waals surface area (Å²) in [5.74, 6) is -0.596. The first kappa shape index (κ1) is 20.8. The Morgan fingerprint density at radius 1 is 1.27 bits per heavy atom. The molecule has 1 saturated carbocycles. The van der Waals surface area contributed by atoms with Crippen molar-refractivity contribution in [2.45, 2.75) is 51.5 Å². The summed E-state index contributed by atoms with van der Waals surface area (Å²) in [6.45, 7) is 3.62.